The number of pyridine rings is 1. The van der Waals surface area contributed by atoms with E-state index in [1.807, 2.05) is 25.1 Å². The highest BCUT2D eigenvalue weighted by Crippen LogP contribution is 2.14. The molecule has 3 heteroatoms. The van der Waals surface area contributed by atoms with Crippen LogP contribution in [-0.4, -0.2) is 11.0 Å². The zero-order chi connectivity index (χ0) is 10.4. The molecule has 2 atom stereocenters. The maximum atomic E-state index is 5.98. The first-order valence-electron chi connectivity index (χ1n) is 5.12. The van der Waals surface area contributed by atoms with E-state index in [1.165, 1.54) is 0 Å². The number of aromatic nitrogens is 1. The van der Waals surface area contributed by atoms with Crippen molar-refractivity contribution in [3.63, 3.8) is 0 Å². The molecular formula is C11H19N3. The minimum Gasteiger partial charge on any atom is -0.328 e. The van der Waals surface area contributed by atoms with Crippen molar-refractivity contribution < 1.29 is 0 Å². The quantitative estimate of drug-likeness (QED) is 0.746. The number of hydrogen-bond donors (Lipinski definition) is 2. The van der Waals surface area contributed by atoms with Gasteiger partial charge in [-0.3, -0.25) is 4.98 Å². The molecule has 1 aromatic heterocycles. The smallest absolute Gasteiger partial charge is 0.0570 e. The molecule has 78 valence electrons. The molecule has 1 heterocycles. The van der Waals surface area contributed by atoms with Crippen LogP contribution < -0.4 is 11.5 Å². The summed E-state index contributed by atoms with van der Waals surface area (Å²) in [7, 11) is 0. The molecular weight excluding hydrogens is 174 g/mol. The monoisotopic (exact) mass is 193 g/mol. The SMILES string of the molecule is CC(N)CCCC(N)c1ccccn1. The molecule has 0 aliphatic heterocycles. The second-order valence-electron chi connectivity index (χ2n) is 3.77. The van der Waals surface area contributed by atoms with Gasteiger partial charge in [0.2, 0.25) is 0 Å². The number of hydrogen-bond acceptors (Lipinski definition) is 3. The second-order valence-corrected chi connectivity index (χ2v) is 3.77. The van der Waals surface area contributed by atoms with Crippen molar-refractivity contribution in [1.29, 1.82) is 0 Å². The highest BCUT2D eigenvalue weighted by atomic mass is 14.8. The van der Waals surface area contributed by atoms with Crippen LogP contribution in [0.15, 0.2) is 24.4 Å². The van der Waals surface area contributed by atoms with Gasteiger partial charge in [-0.1, -0.05) is 6.07 Å². The van der Waals surface area contributed by atoms with E-state index >= 15 is 0 Å². The first-order valence-corrected chi connectivity index (χ1v) is 5.12. The van der Waals surface area contributed by atoms with Gasteiger partial charge in [-0.15, -0.1) is 0 Å². The first-order chi connectivity index (χ1) is 6.70. The molecule has 1 rings (SSSR count). The predicted molar refractivity (Wildman–Crippen MR) is 58.7 cm³/mol. The molecule has 4 N–H and O–H groups in total. The number of nitrogens with two attached hydrogens (primary N) is 2. The third-order valence-electron chi connectivity index (χ3n) is 2.24. The average Bonchev–Trinajstić information content (AvgIpc) is 2.18. The molecule has 0 spiro atoms. The minimum atomic E-state index is 0.0509. The molecule has 3 nitrogen and oxygen atoms in total. The molecule has 0 fully saturated rings. The Morgan fingerprint density at radius 3 is 2.64 bits per heavy atom. The summed E-state index contributed by atoms with van der Waals surface area (Å²) in [5, 5.41) is 0. The lowest BCUT2D eigenvalue weighted by atomic mass is 10.0. The number of rotatable bonds is 5. The van der Waals surface area contributed by atoms with Crippen LogP contribution >= 0.6 is 0 Å². The van der Waals surface area contributed by atoms with Crippen molar-refractivity contribution in [2.45, 2.75) is 38.3 Å². The molecule has 0 saturated carbocycles. The van der Waals surface area contributed by atoms with Crippen LogP contribution in [0.1, 0.15) is 37.9 Å². The maximum Gasteiger partial charge on any atom is 0.0570 e. The summed E-state index contributed by atoms with van der Waals surface area (Å²) in [5.74, 6) is 0. The number of nitrogens with zero attached hydrogens (tertiary/aromatic N) is 1. The molecule has 0 aliphatic carbocycles. The fraction of sp³-hybridized carbons (Fsp3) is 0.545. The van der Waals surface area contributed by atoms with Gasteiger partial charge in [0, 0.05) is 18.3 Å². The van der Waals surface area contributed by atoms with Crippen molar-refractivity contribution in [3.05, 3.63) is 30.1 Å². The van der Waals surface area contributed by atoms with Gasteiger partial charge in [0.15, 0.2) is 0 Å². The highest BCUT2D eigenvalue weighted by molar-refractivity contribution is 5.07. The van der Waals surface area contributed by atoms with Crippen molar-refractivity contribution in [3.8, 4) is 0 Å². The Morgan fingerprint density at radius 2 is 2.07 bits per heavy atom. The van der Waals surface area contributed by atoms with E-state index < -0.39 is 0 Å². The van der Waals surface area contributed by atoms with E-state index in [4.69, 9.17) is 11.5 Å². The Balaban J connectivity index is 2.32. The first kappa shape index (κ1) is 11.1. The van der Waals surface area contributed by atoms with E-state index in [2.05, 4.69) is 4.98 Å². The Morgan fingerprint density at radius 1 is 1.29 bits per heavy atom. The van der Waals surface area contributed by atoms with Crippen LogP contribution in [0.3, 0.4) is 0 Å². The normalized spacial score (nSPS) is 15.1. The summed E-state index contributed by atoms with van der Waals surface area (Å²) in [6.07, 6.45) is 4.83. The molecule has 0 amide bonds. The molecule has 0 aromatic carbocycles. The summed E-state index contributed by atoms with van der Waals surface area (Å²) in [6.45, 7) is 2.02. The predicted octanol–water partition coefficient (Wildman–Crippen LogP) is 1.60. The Labute approximate surface area is 85.5 Å². The molecule has 0 aliphatic rings. The molecule has 0 radical (unpaired) electrons. The summed E-state index contributed by atoms with van der Waals surface area (Å²) in [5.41, 5.74) is 12.6. The van der Waals surface area contributed by atoms with Crippen LogP contribution in [-0.2, 0) is 0 Å². The molecule has 1 aromatic rings. The standard InChI is InChI=1S/C11H19N3/c1-9(12)5-4-6-10(13)11-7-2-3-8-14-11/h2-3,7-10H,4-6,12-13H2,1H3. The lowest BCUT2D eigenvalue weighted by Crippen LogP contribution is -2.16. The summed E-state index contributed by atoms with van der Waals surface area (Å²) >= 11 is 0. The summed E-state index contributed by atoms with van der Waals surface area (Å²) in [4.78, 5) is 4.22. The largest absolute Gasteiger partial charge is 0.328 e. The van der Waals surface area contributed by atoms with E-state index in [-0.39, 0.29) is 12.1 Å². The van der Waals surface area contributed by atoms with Crippen LogP contribution in [0.2, 0.25) is 0 Å². The van der Waals surface area contributed by atoms with Gasteiger partial charge in [-0.25, -0.2) is 0 Å². The minimum absolute atomic E-state index is 0.0509. The van der Waals surface area contributed by atoms with Gasteiger partial charge in [-0.2, -0.15) is 0 Å². The fourth-order valence-corrected chi connectivity index (χ4v) is 1.40. The Hall–Kier alpha value is -0.930. The average molecular weight is 193 g/mol. The third-order valence-corrected chi connectivity index (χ3v) is 2.24. The lowest BCUT2D eigenvalue weighted by molar-refractivity contribution is 0.539. The van der Waals surface area contributed by atoms with E-state index in [0.717, 1.165) is 25.0 Å². The Bertz CT molecular complexity index is 246. The van der Waals surface area contributed by atoms with Crippen molar-refractivity contribution in [2.24, 2.45) is 11.5 Å². The van der Waals surface area contributed by atoms with Gasteiger partial charge in [0.1, 0.15) is 0 Å². The van der Waals surface area contributed by atoms with Gasteiger partial charge in [-0.05, 0) is 38.3 Å². The summed E-state index contributed by atoms with van der Waals surface area (Å²) in [6, 6.07) is 6.16. The fourth-order valence-electron chi connectivity index (χ4n) is 1.40. The van der Waals surface area contributed by atoms with Crippen molar-refractivity contribution >= 4 is 0 Å². The second kappa shape index (κ2) is 5.73. The van der Waals surface area contributed by atoms with E-state index in [0.29, 0.717) is 0 Å². The molecule has 14 heavy (non-hydrogen) atoms. The third kappa shape index (κ3) is 3.85. The van der Waals surface area contributed by atoms with Crippen LogP contribution in [0.5, 0.6) is 0 Å². The van der Waals surface area contributed by atoms with Gasteiger partial charge in [0.05, 0.1) is 5.69 Å². The summed E-state index contributed by atoms with van der Waals surface area (Å²) < 4.78 is 0. The van der Waals surface area contributed by atoms with Crippen LogP contribution in [0, 0.1) is 0 Å². The van der Waals surface area contributed by atoms with Gasteiger partial charge >= 0.3 is 0 Å². The zero-order valence-corrected chi connectivity index (χ0v) is 8.69. The van der Waals surface area contributed by atoms with E-state index in [9.17, 15) is 0 Å². The highest BCUT2D eigenvalue weighted by Gasteiger charge is 2.06. The molecule has 0 saturated heterocycles. The Kier molecular flexibility index (Phi) is 4.56. The zero-order valence-electron chi connectivity index (χ0n) is 8.69. The topological polar surface area (TPSA) is 64.9 Å². The lowest BCUT2D eigenvalue weighted by Gasteiger charge is -2.11. The van der Waals surface area contributed by atoms with Gasteiger partial charge in [0.25, 0.3) is 0 Å². The van der Waals surface area contributed by atoms with E-state index in [1.54, 1.807) is 6.20 Å². The maximum absolute atomic E-state index is 5.98. The molecule has 2 unspecified atom stereocenters. The van der Waals surface area contributed by atoms with Crippen molar-refractivity contribution in [1.82, 2.24) is 4.98 Å². The van der Waals surface area contributed by atoms with Gasteiger partial charge < -0.3 is 11.5 Å². The van der Waals surface area contributed by atoms with Crippen LogP contribution in [0.4, 0.5) is 0 Å². The molecule has 0 bridgehead atoms. The van der Waals surface area contributed by atoms with Crippen LogP contribution in [0.25, 0.3) is 0 Å². The van der Waals surface area contributed by atoms with Crippen molar-refractivity contribution in [2.75, 3.05) is 0 Å².